The summed E-state index contributed by atoms with van der Waals surface area (Å²) in [6.07, 6.45) is 6.56. The van der Waals surface area contributed by atoms with Gasteiger partial charge in [-0.15, -0.1) is 0 Å². The molecule has 0 aromatic heterocycles. The number of aliphatic imine (C=N–C) groups is 1. The highest BCUT2D eigenvalue weighted by molar-refractivity contribution is 5.97. The molecule has 0 atom stereocenters. The van der Waals surface area contributed by atoms with Crippen molar-refractivity contribution in [3.63, 3.8) is 0 Å². The minimum absolute atomic E-state index is 0.583. The van der Waals surface area contributed by atoms with E-state index in [0.29, 0.717) is 5.84 Å². The third-order valence-electron chi connectivity index (χ3n) is 0.793. The first-order chi connectivity index (χ1) is 3.43. The van der Waals surface area contributed by atoms with Crippen molar-refractivity contribution in [1.29, 1.82) is 0 Å². The van der Waals surface area contributed by atoms with Crippen LogP contribution in [0.25, 0.3) is 0 Å². The maximum atomic E-state index is 6.56. The Balaban J connectivity index is 2.57. The van der Waals surface area contributed by atoms with Crippen molar-refractivity contribution in [3.8, 4) is 5.92 Å². The largest absolute Gasteiger partial charge is 0.365 e. The number of nitrogens with zero attached hydrogens (tertiary/aromatic N) is 1. The summed E-state index contributed by atoms with van der Waals surface area (Å²) in [6.45, 7) is 1.66. The molecule has 2 heteroatoms. The third kappa shape index (κ3) is 0.716. The summed E-state index contributed by atoms with van der Waals surface area (Å²) in [4.78, 5) is 3.86. The monoisotopic (exact) mass is 93.0 g/mol. The predicted octanol–water partition coefficient (Wildman–Crippen LogP) is -1.09. The van der Waals surface area contributed by atoms with Gasteiger partial charge in [-0.3, -0.25) is 5.32 Å². The van der Waals surface area contributed by atoms with E-state index in [1.54, 1.807) is 0 Å². The normalized spacial score (nSPS) is 17.3. The Morgan fingerprint density at radius 3 is 3.00 bits per heavy atom. The molecule has 0 aromatic carbocycles. The Morgan fingerprint density at radius 1 is 1.86 bits per heavy atom. The summed E-state index contributed by atoms with van der Waals surface area (Å²) in [5.74, 6) is 2.74. The third-order valence-corrected chi connectivity index (χ3v) is 0.793. The zero-order chi connectivity index (χ0) is 5.11. The van der Waals surface area contributed by atoms with Gasteiger partial charge in [-0.1, -0.05) is 4.99 Å². The molecule has 0 aliphatic carbocycles. The van der Waals surface area contributed by atoms with Crippen LogP contribution >= 0.6 is 0 Å². The topological polar surface area (TPSA) is 26.1 Å². The molecule has 2 nitrogen and oxygen atoms in total. The maximum absolute atomic E-state index is 6.56. The molecule has 2 radical (unpaired) electrons. The van der Waals surface area contributed by atoms with E-state index in [0.717, 1.165) is 13.1 Å². The predicted molar refractivity (Wildman–Crippen MR) is 27.1 cm³/mol. The molecule has 0 fully saturated rings. The van der Waals surface area contributed by atoms with Gasteiger partial charge in [-0.25, -0.2) is 0 Å². The Kier molecular flexibility index (Phi) is 0.991. The van der Waals surface area contributed by atoms with Crippen molar-refractivity contribution < 1.29 is 0 Å². The molecule has 0 saturated carbocycles. The number of nitrogens with one attached hydrogen (secondary N) is 1. The standard InChI is InChI=1S/C5H5N2/c1-2-5-6-3-4-7-5/h6H,3-4H2/q+1. The highest BCUT2D eigenvalue weighted by Crippen LogP contribution is 1.68. The second-order valence-corrected chi connectivity index (χ2v) is 1.28. The zero-order valence-electron chi connectivity index (χ0n) is 3.86. The van der Waals surface area contributed by atoms with Crippen LogP contribution in [0.5, 0.6) is 0 Å². The van der Waals surface area contributed by atoms with Crippen LogP contribution in [0.1, 0.15) is 0 Å². The number of amidine groups is 1. The number of hydrogen-bond donors (Lipinski definition) is 1. The van der Waals surface area contributed by atoms with E-state index < -0.39 is 0 Å². The Hall–Kier alpha value is -0.970. The van der Waals surface area contributed by atoms with Crippen molar-refractivity contribution in [2.45, 2.75) is 0 Å². The smallest absolute Gasteiger partial charge is 0.260 e. The van der Waals surface area contributed by atoms with Crippen molar-refractivity contribution >= 4 is 5.84 Å². The van der Waals surface area contributed by atoms with Crippen molar-refractivity contribution in [3.05, 3.63) is 6.42 Å². The van der Waals surface area contributed by atoms with Crippen LogP contribution < -0.4 is 10.3 Å². The highest BCUT2D eigenvalue weighted by Gasteiger charge is 2.10. The summed E-state index contributed by atoms with van der Waals surface area (Å²) < 4.78 is 0. The van der Waals surface area contributed by atoms with Crippen LogP contribution in [0.15, 0.2) is 0 Å². The van der Waals surface area contributed by atoms with Crippen LogP contribution in [-0.2, 0) is 0 Å². The average Bonchev–Trinajstić information content (AvgIpc) is 2.14. The van der Waals surface area contributed by atoms with Gasteiger partial charge < -0.3 is 0 Å². The molecule has 1 N–H and O–H groups in total. The summed E-state index contributed by atoms with van der Waals surface area (Å²) in [5.41, 5.74) is 0. The fourth-order valence-electron chi connectivity index (χ4n) is 0.482. The van der Waals surface area contributed by atoms with E-state index in [-0.39, 0.29) is 0 Å². The first kappa shape index (κ1) is 4.20. The van der Waals surface area contributed by atoms with E-state index in [1.807, 2.05) is 0 Å². The molecule has 1 heterocycles. The fraction of sp³-hybridized carbons (Fsp3) is 0.400. The van der Waals surface area contributed by atoms with Crippen molar-refractivity contribution in [2.75, 3.05) is 13.1 Å². The molecule has 34 valence electrons. The summed E-state index contributed by atoms with van der Waals surface area (Å²) in [5, 5.41) is 2.86. The van der Waals surface area contributed by atoms with Crippen LogP contribution in [0.2, 0.25) is 0 Å². The van der Waals surface area contributed by atoms with Gasteiger partial charge in [-0.2, -0.15) is 0 Å². The molecule has 1 rings (SSSR count). The summed E-state index contributed by atoms with van der Waals surface area (Å²) in [7, 11) is 0. The van der Waals surface area contributed by atoms with Crippen LogP contribution in [-0.4, -0.2) is 18.9 Å². The van der Waals surface area contributed by atoms with Gasteiger partial charge in [-0.05, 0) is 6.42 Å². The molecule has 0 amide bonds. The van der Waals surface area contributed by atoms with Gasteiger partial charge in [0.25, 0.3) is 0 Å². The fourth-order valence-corrected chi connectivity index (χ4v) is 0.482. The maximum Gasteiger partial charge on any atom is 0.365 e. The summed E-state index contributed by atoms with van der Waals surface area (Å²) >= 11 is 0. The zero-order valence-corrected chi connectivity index (χ0v) is 3.86. The van der Waals surface area contributed by atoms with Crippen molar-refractivity contribution in [2.24, 2.45) is 0 Å². The van der Waals surface area contributed by atoms with Gasteiger partial charge in [0.15, 0.2) is 6.54 Å². The van der Waals surface area contributed by atoms with E-state index in [9.17, 15) is 0 Å². The first-order valence-electron chi connectivity index (χ1n) is 2.14. The van der Waals surface area contributed by atoms with E-state index >= 15 is 0 Å². The highest BCUT2D eigenvalue weighted by atomic mass is 15.1. The summed E-state index contributed by atoms with van der Waals surface area (Å²) in [6, 6.07) is 0. The first-order valence-corrected chi connectivity index (χ1v) is 2.14. The number of rotatable bonds is 0. The van der Waals surface area contributed by atoms with Crippen LogP contribution in [0, 0.1) is 12.3 Å². The minimum Gasteiger partial charge on any atom is -0.260 e. The quantitative estimate of drug-likeness (QED) is 0.378. The Morgan fingerprint density at radius 2 is 2.71 bits per heavy atom. The molecular formula is C5H5N2+. The molecular weight excluding hydrogens is 88.1 g/mol. The molecule has 1 aliphatic rings. The molecule has 7 heavy (non-hydrogen) atoms. The molecule has 0 spiro atoms. The second-order valence-electron chi connectivity index (χ2n) is 1.28. The lowest BCUT2D eigenvalue weighted by Crippen LogP contribution is -2.16. The molecule has 0 bridgehead atoms. The lowest BCUT2D eigenvalue weighted by atomic mass is 10.6. The molecule has 0 unspecified atom stereocenters. The van der Waals surface area contributed by atoms with Gasteiger partial charge in [0.1, 0.15) is 6.54 Å². The lowest BCUT2D eigenvalue weighted by Gasteiger charge is -1.72. The van der Waals surface area contributed by atoms with E-state index in [4.69, 9.17) is 6.42 Å². The van der Waals surface area contributed by atoms with E-state index in [2.05, 4.69) is 16.2 Å². The molecule has 0 saturated heterocycles. The van der Waals surface area contributed by atoms with Gasteiger partial charge in [0.2, 0.25) is 0 Å². The van der Waals surface area contributed by atoms with Crippen LogP contribution in [0.3, 0.4) is 0 Å². The van der Waals surface area contributed by atoms with E-state index in [1.165, 1.54) is 0 Å². The van der Waals surface area contributed by atoms with Gasteiger partial charge in [0.05, 0.1) is 0 Å². The Labute approximate surface area is 42.6 Å². The average molecular weight is 93.1 g/mol. The number of hydrogen-bond acceptors (Lipinski definition) is 2. The van der Waals surface area contributed by atoms with Crippen LogP contribution in [0.4, 0.5) is 0 Å². The van der Waals surface area contributed by atoms with Crippen molar-refractivity contribution in [1.82, 2.24) is 10.3 Å². The SMILES string of the molecule is [C]#CC1=[N+]CCN1. The lowest BCUT2D eigenvalue weighted by molar-refractivity contribution is 0.927. The minimum atomic E-state index is 0.583. The Bertz CT molecular complexity index is 130. The van der Waals surface area contributed by atoms with Gasteiger partial charge >= 0.3 is 5.84 Å². The second kappa shape index (κ2) is 1.65. The molecule has 0 aromatic rings. The molecule has 1 aliphatic heterocycles. The van der Waals surface area contributed by atoms with Gasteiger partial charge in [0, 0.05) is 5.92 Å².